The van der Waals surface area contributed by atoms with E-state index in [2.05, 4.69) is 6.92 Å². The van der Waals surface area contributed by atoms with E-state index < -0.39 is 35.9 Å². The average molecular weight is 677 g/mol. The molecule has 0 amide bonds. The molecule has 10 heteroatoms. The molecule has 0 radical (unpaired) electrons. The molecule has 0 aliphatic rings. The number of ether oxygens (including phenoxy) is 3. The summed E-state index contributed by atoms with van der Waals surface area (Å²) in [5, 5.41) is 0. The number of unbranched alkanes of at least 4 members (excludes halogenated alkanes) is 10. The van der Waals surface area contributed by atoms with Gasteiger partial charge in [-0.1, -0.05) is 90.2 Å². The van der Waals surface area contributed by atoms with E-state index in [0.29, 0.717) is 18.6 Å². The fourth-order valence-corrected chi connectivity index (χ4v) is 5.14. The van der Waals surface area contributed by atoms with Crippen molar-refractivity contribution in [3.63, 3.8) is 0 Å². The molecule has 0 bridgehead atoms. The maximum absolute atomic E-state index is 14.9. The first-order chi connectivity index (χ1) is 23.0. The standard InChI is InChI=1S/C38H45F5O5/c1-3-5-7-9-10-11-12-14-26-46-32-25-24-31(34(39)35(32)40)27-16-18-28(19-17-27)36(44)47-30-22-20-29(21-23-30)37(45)48-33(38(41,42)43)15-13-8-6-4-2/h16-25,33H,3-15,26H2,1-2H3/t33-/m1/s1. The Balaban J connectivity index is 1.52. The fourth-order valence-electron chi connectivity index (χ4n) is 5.14. The van der Waals surface area contributed by atoms with E-state index >= 15 is 0 Å². The van der Waals surface area contributed by atoms with Gasteiger partial charge in [0.05, 0.1) is 17.7 Å². The average Bonchev–Trinajstić information content (AvgIpc) is 3.07. The second-order valence-corrected chi connectivity index (χ2v) is 11.8. The molecule has 0 unspecified atom stereocenters. The van der Waals surface area contributed by atoms with Gasteiger partial charge in [0.1, 0.15) is 5.75 Å². The Bertz CT molecular complexity index is 1420. The van der Waals surface area contributed by atoms with E-state index in [1.807, 2.05) is 6.92 Å². The Morgan fingerprint density at radius 3 is 1.79 bits per heavy atom. The molecule has 0 aliphatic heterocycles. The zero-order valence-electron chi connectivity index (χ0n) is 27.7. The van der Waals surface area contributed by atoms with Crippen LogP contribution in [0.3, 0.4) is 0 Å². The van der Waals surface area contributed by atoms with Gasteiger partial charge >= 0.3 is 18.1 Å². The summed E-state index contributed by atoms with van der Waals surface area (Å²) in [7, 11) is 0. The molecular formula is C38H45F5O5. The van der Waals surface area contributed by atoms with E-state index in [0.717, 1.165) is 38.5 Å². The van der Waals surface area contributed by atoms with Gasteiger partial charge in [0, 0.05) is 5.56 Å². The summed E-state index contributed by atoms with van der Waals surface area (Å²) < 4.78 is 85.4. The highest BCUT2D eigenvalue weighted by atomic mass is 19.4. The van der Waals surface area contributed by atoms with Gasteiger partial charge in [-0.05, 0) is 73.4 Å². The van der Waals surface area contributed by atoms with Crippen molar-refractivity contribution >= 4 is 11.9 Å². The Morgan fingerprint density at radius 2 is 1.19 bits per heavy atom. The summed E-state index contributed by atoms with van der Waals surface area (Å²) in [6.45, 7) is 4.42. The zero-order valence-corrected chi connectivity index (χ0v) is 27.7. The second-order valence-electron chi connectivity index (χ2n) is 11.8. The number of rotatable bonds is 20. The molecule has 0 fully saturated rings. The van der Waals surface area contributed by atoms with Gasteiger partial charge in [0.2, 0.25) is 5.82 Å². The molecule has 3 rings (SSSR count). The SMILES string of the molecule is CCCCCCCCCCOc1ccc(-c2ccc(C(=O)Oc3ccc(C(=O)O[C@H](CCCCCC)C(F)(F)F)cc3)cc2)c(F)c1F. The van der Waals surface area contributed by atoms with E-state index in [-0.39, 0.29) is 41.0 Å². The van der Waals surface area contributed by atoms with Crippen molar-refractivity contribution in [1.29, 1.82) is 0 Å². The number of carbonyl (C=O) groups is 2. The number of carbonyl (C=O) groups excluding carboxylic acids is 2. The van der Waals surface area contributed by atoms with Crippen LogP contribution < -0.4 is 9.47 Å². The first-order valence-corrected chi connectivity index (χ1v) is 16.9. The van der Waals surface area contributed by atoms with Crippen LogP contribution in [0.4, 0.5) is 22.0 Å². The Kier molecular flexibility index (Phi) is 15.9. The summed E-state index contributed by atoms with van der Waals surface area (Å²) in [5.74, 6) is -4.14. The minimum atomic E-state index is -4.68. The lowest BCUT2D eigenvalue weighted by atomic mass is 10.0. The van der Waals surface area contributed by atoms with Crippen LogP contribution in [0.1, 0.15) is 118 Å². The van der Waals surface area contributed by atoms with Crippen LogP contribution in [0.15, 0.2) is 60.7 Å². The predicted octanol–water partition coefficient (Wildman–Crippen LogP) is 11.4. The molecule has 0 aromatic heterocycles. The minimum Gasteiger partial charge on any atom is -0.490 e. The van der Waals surface area contributed by atoms with Crippen LogP contribution in [0.25, 0.3) is 11.1 Å². The molecule has 0 saturated heterocycles. The van der Waals surface area contributed by atoms with Crippen molar-refractivity contribution in [2.24, 2.45) is 0 Å². The third-order valence-corrected chi connectivity index (χ3v) is 7.97. The topological polar surface area (TPSA) is 61.8 Å². The third-order valence-electron chi connectivity index (χ3n) is 7.97. The van der Waals surface area contributed by atoms with E-state index in [1.54, 1.807) is 0 Å². The normalized spacial score (nSPS) is 12.1. The summed E-state index contributed by atoms with van der Waals surface area (Å²) >= 11 is 0. The molecule has 1 atom stereocenters. The lowest BCUT2D eigenvalue weighted by Gasteiger charge is -2.20. The van der Waals surface area contributed by atoms with Gasteiger partial charge in [0.25, 0.3) is 0 Å². The molecule has 3 aromatic carbocycles. The van der Waals surface area contributed by atoms with Crippen molar-refractivity contribution in [2.75, 3.05) is 6.61 Å². The summed E-state index contributed by atoms with van der Waals surface area (Å²) in [4.78, 5) is 25.1. The Morgan fingerprint density at radius 1 is 0.646 bits per heavy atom. The van der Waals surface area contributed by atoms with Crippen LogP contribution in [-0.4, -0.2) is 30.8 Å². The maximum Gasteiger partial charge on any atom is 0.425 e. The third kappa shape index (κ3) is 12.3. The number of halogens is 5. The van der Waals surface area contributed by atoms with Crippen LogP contribution in [-0.2, 0) is 4.74 Å². The highest BCUT2D eigenvalue weighted by Gasteiger charge is 2.42. The van der Waals surface area contributed by atoms with Crippen molar-refractivity contribution in [3.05, 3.63) is 83.4 Å². The quantitative estimate of drug-likeness (QED) is 0.0516. The van der Waals surface area contributed by atoms with Crippen LogP contribution in [0.2, 0.25) is 0 Å². The largest absolute Gasteiger partial charge is 0.490 e. The highest BCUT2D eigenvalue weighted by molar-refractivity contribution is 5.92. The van der Waals surface area contributed by atoms with E-state index in [9.17, 15) is 31.5 Å². The molecule has 0 aliphatic carbocycles. The van der Waals surface area contributed by atoms with Gasteiger partial charge < -0.3 is 14.2 Å². The van der Waals surface area contributed by atoms with E-state index in [1.165, 1.54) is 86.3 Å². The van der Waals surface area contributed by atoms with Crippen LogP contribution >= 0.6 is 0 Å². The summed E-state index contributed by atoms with van der Waals surface area (Å²) in [6.07, 6.45) is 4.24. The molecular weight excluding hydrogens is 631 g/mol. The zero-order chi connectivity index (χ0) is 34.9. The van der Waals surface area contributed by atoms with Crippen LogP contribution in [0.5, 0.6) is 11.5 Å². The summed E-state index contributed by atoms with van der Waals surface area (Å²) in [5.41, 5.74) is 0.330. The summed E-state index contributed by atoms with van der Waals surface area (Å²) in [6, 6.07) is 13.4. The molecule has 48 heavy (non-hydrogen) atoms. The predicted molar refractivity (Wildman–Crippen MR) is 175 cm³/mol. The van der Waals surface area contributed by atoms with Crippen molar-refractivity contribution in [2.45, 2.75) is 110 Å². The van der Waals surface area contributed by atoms with Gasteiger partial charge in [-0.15, -0.1) is 0 Å². The lowest BCUT2D eigenvalue weighted by Crippen LogP contribution is -2.33. The number of alkyl halides is 3. The van der Waals surface area contributed by atoms with Gasteiger partial charge in [-0.25, -0.2) is 14.0 Å². The molecule has 3 aromatic rings. The highest BCUT2D eigenvalue weighted by Crippen LogP contribution is 2.31. The monoisotopic (exact) mass is 676 g/mol. The molecule has 0 N–H and O–H groups in total. The molecule has 0 heterocycles. The molecule has 0 spiro atoms. The number of hydrogen-bond donors (Lipinski definition) is 0. The molecule has 5 nitrogen and oxygen atoms in total. The van der Waals surface area contributed by atoms with Gasteiger partial charge in [-0.3, -0.25) is 0 Å². The Labute approximate surface area is 279 Å². The fraction of sp³-hybridized carbons (Fsp3) is 0.474. The van der Waals surface area contributed by atoms with Crippen LogP contribution in [0, 0.1) is 11.6 Å². The first kappa shape index (κ1) is 38.5. The number of benzene rings is 3. The number of esters is 2. The first-order valence-electron chi connectivity index (χ1n) is 16.9. The van der Waals surface area contributed by atoms with Gasteiger partial charge in [0.15, 0.2) is 17.7 Å². The molecule has 262 valence electrons. The Hall–Kier alpha value is -3.95. The van der Waals surface area contributed by atoms with Crippen molar-refractivity contribution in [1.82, 2.24) is 0 Å². The van der Waals surface area contributed by atoms with E-state index in [4.69, 9.17) is 14.2 Å². The smallest absolute Gasteiger partial charge is 0.425 e. The maximum atomic E-state index is 14.9. The number of hydrogen-bond acceptors (Lipinski definition) is 5. The minimum absolute atomic E-state index is 0.00282. The second kappa shape index (κ2) is 19.8. The lowest BCUT2D eigenvalue weighted by molar-refractivity contribution is -0.206. The van der Waals surface area contributed by atoms with Crippen molar-refractivity contribution < 1.29 is 45.8 Å². The van der Waals surface area contributed by atoms with Gasteiger partial charge in [-0.2, -0.15) is 17.6 Å². The van der Waals surface area contributed by atoms with Crippen molar-refractivity contribution in [3.8, 4) is 22.6 Å². The molecule has 0 saturated carbocycles.